The third-order valence-electron chi connectivity index (χ3n) is 2.69. The molecule has 0 radical (unpaired) electrons. The Morgan fingerprint density at radius 2 is 2.14 bits per heavy atom. The minimum absolute atomic E-state index is 0.150. The number of para-hydroxylation sites is 1. The molecule has 1 aromatic carbocycles. The zero-order valence-electron chi connectivity index (χ0n) is 10.7. The van der Waals surface area contributed by atoms with Gasteiger partial charge in [0.25, 0.3) is 0 Å². The highest BCUT2D eigenvalue weighted by Crippen LogP contribution is 2.22. The van der Waals surface area contributed by atoms with E-state index in [1.54, 1.807) is 10.1 Å². The van der Waals surface area contributed by atoms with Crippen LogP contribution in [0.5, 0.6) is 5.75 Å². The highest BCUT2D eigenvalue weighted by atomic mass is 32.1. The number of tetrazole rings is 1. The smallest absolute Gasteiger partial charge is 0.346 e. The highest BCUT2D eigenvalue weighted by Gasteiger charge is 2.11. The Kier molecular flexibility index (Phi) is 3.61. The SMILES string of the molecule is O=C(O)c1cc(OCc2nnnn2-c2ccccc2)cs1. The van der Waals surface area contributed by atoms with Gasteiger partial charge in [-0.05, 0) is 22.6 Å². The van der Waals surface area contributed by atoms with Crippen molar-refractivity contribution in [1.29, 1.82) is 0 Å². The molecule has 0 aliphatic heterocycles. The number of aromatic nitrogens is 4. The van der Waals surface area contributed by atoms with Gasteiger partial charge in [-0.15, -0.1) is 16.4 Å². The molecule has 0 amide bonds. The first-order valence-corrected chi connectivity index (χ1v) is 6.89. The van der Waals surface area contributed by atoms with Crippen molar-refractivity contribution in [3.05, 3.63) is 52.5 Å². The van der Waals surface area contributed by atoms with Crippen molar-refractivity contribution in [3.63, 3.8) is 0 Å². The first-order chi connectivity index (χ1) is 10.2. The van der Waals surface area contributed by atoms with Gasteiger partial charge in [0.2, 0.25) is 0 Å². The lowest BCUT2D eigenvalue weighted by atomic mass is 10.3. The Morgan fingerprint density at radius 3 is 2.86 bits per heavy atom. The average molecular weight is 302 g/mol. The molecule has 7 nitrogen and oxygen atoms in total. The molecule has 0 saturated heterocycles. The number of aromatic carboxylic acids is 1. The summed E-state index contributed by atoms with van der Waals surface area (Å²) in [5.41, 5.74) is 0.831. The van der Waals surface area contributed by atoms with Gasteiger partial charge in [-0.1, -0.05) is 18.2 Å². The Balaban J connectivity index is 1.74. The van der Waals surface area contributed by atoms with Gasteiger partial charge in [-0.2, -0.15) is 4.68 Å². The number of ether oxygens (including phenoxy) is 1. The molecule has 0 aliphatic rings. The van der Waals surface area contributed by atoms with Crippen LogP contribution in [0.25, 0.3) is 5.69 Å². The molecule has 2 aromatic heterocycles. The number of nitrogens with zero attached hydrogens (tertiary/aromatic N) is 4. The second-order valence-corrected chi connectivity index (χ2v) is 4.99. The van der Waals surface area contributed by atoms with Gasteiger partial charge in [0.05, 0.1) is 5.69 Å². The quantitative estimate of drug-likeness (QED) is 0.775. The summed E-state index contributed by atoms with van der Waals surface area (Å²) in [5.74, 6) is 0.0493. The maximum Gasteiger partial charge on any atom is 0.346 e. The molecule has 0 spiro atoms. The summed E-state index contributed by atoms with van der Waals surface area (Å²) in [7, 11) is 0. The van der Waals surface area contributed by atoms with Crippen LogP contribution >= 0.6 is 11.3 Å². The van der Waals surface area contributed by atoms with Crippen LogP contribution in [0, 0.1) is 0 Å². The third-order valence-corrected chi connectivity index (χ3v) is 3.59. The van der Waals surface area contributed by atoms with Crippen LogP contribution in [0.2, 0.25) is 0 Å². The number of carboxylic acid groups (broad SMARTS) is 1. The molecule has 106 valence electrons. The number of benzene rings is 1. The monoisotopic (exact) mass is 302 g/mol. The molecule has 3 aromatic rings. The summed E-state index contributed by atoms with van der Waals surface area (Å²) in [4.78, 5) is 11.0. The van der Waals surface area contributed by atoms with E-state index in [2.05, 4.69) is 15.5 Å². The van der Waals surface area contributed by atoms with E-state index in [-0.39, 0.29) is 11.5 Å². The summed E-state index contributed by atoms with van der Waals surface area (Å²) in [6, 6.07) is 10.9. The van der Waals surface area contributed by atoms with E-state index in [0.29, 0.717) is 11.6 Å². The van der Waals surface area contributed by atoms with Crippen LogP contribution in [-0.4, -0.2) is 31.3 Å². The number of hydrogen-bond donors (Lipinski definition) is 1. The molecule has 21 heavy (non-hydrogen) atoms. The molecule has 0 atom stereocenters. The fourth-order valence-electron chi connectivity index (χ4n) is 1.72. The zero-order chi connectivity index (χ0) is 14.7. The first kappa shape index (κ1) is 13.3. The third kappa shape index (κ3) is 2.90. The van der Waals surface area contributed by atoms with E-state index >= 15 is 0 Å². The van der Waals surface area contributed by atoms with Crippen LogP contribution in [0.4, 0.5) is 0 Å². The molecule has 0 bridgehead atoms. The predicted molar refractivity (Wildman–Crippen MR) is 74.8 cm³/mol. The average Bonchev–Trinajstić information content (AvgIpc) is 3.15. The number of rotatable bonds is 5. The standard InChI is InChI=1S/C13H10N4O3S/c18-13(19)11-6-10(8-21-11)20-7-12-14-15-16-17(12)9-4-2-1-3-5-9/h1-6,8H,7H2,(H,18,19). The Bertz CT molecular complexity index is 754. The first-order valence-electron chi connectivity index (χ1n) is 6.01. The number of carboxylic acids is 1. The van der Waals surface area contributed by atoms with Gasteiger partial charge in [0.1, 0.15) is 17.2 Å². The molecule has 1 N–H and O–H groups in total. The highest BCUT2D eigenvalue weighted by molar-refractivity contribution is 7.12. The van der Waals surface area contributed by atoms with E-state index in [4.69, 9.17) is 9.84 Å². The normalized spacial score (nSPS) is 10.5. The summed E-state index contributed by atoms with van der Waals surface area (Å²) in [5, 5.41) is 22.0. The molecular weight excluding hydrogens is 292 g/mol. The molecule has 8 heteroatoms. The Morgan fingerprint density at radius 1 is 1.33 bits per heavy atom. The molecule has 3 rings (SSSR count). The Labute approximate surface area is 123 Å². The van der Waals surface area contributed by atoms with Gasteiger partial charge in [-0.3, -0.25) is 0 Å². The van der Waals surface area contributed by atoms with E-state index in [9.17, 15) is 4.79 Å². The van der Waals surface area contributed by atoms with E-state index in [0.717, 1.165) is 17.0 Å². The van der Waals surface area contributed by atoms with E-state index in [1.807, 2.05) is 30.3 Å². The molecule has 0 saturated carbocycles. The predicted octanol–water partition coefficient (Wildman–Crippen LogP) is 2.00. The van der Waals surface area contributed by atoms with Crippen molar-refractivity contribution in [2.75, 3.05) is 0 Å². The van der Waals surface area contributed by atoms with Crippen molar-refractivity contribution in [2.24, 2.45) is 0 Å². The zero-order valence-corrected chi connectivity index (χ0v) is 11.5. The van der Waals surface area contributed by atoms with Crippen molar-refractivity contribution in [1.82, 2.24) is 20.2 Å². The fraction of sp³-hybridized carbons (Fsp3) is 0.0769. The van der Waals surface area contributed by atoms with Crippen molar-refractivity contribution >= 4 is 17.3 Å². The number of thiophene rings is 1. The van der Waals surface area contributed by atoms with Gasteiger partial charge >= 0.3 is 5.97 Å². The lowest BCUT2D eigenvalue weighted by molar-refractivity contribution is 0.0702. The van der Waals surface area contributed by atoms with Crippen molar-refractivity contribution in [2.45, 2.75) is 6.61 Å². The summed E-state index contributed by atoms with van der Waals surface area (Å²) >= 11 is 1.11. The molecular formula is C13H10N4O3S. The van der Waals surface area contributed by atoms with Crippen LogP contribution in [0.15, 0.2) is 41.8 Å². The molecule has 0 aliphatic carbocycles. The van der Waals surface area contributed by atoms with Gasteiger partial charge in [-0.25, -0.2) is 4.79 Å². The summed E-state index contributed by atoms with van der Waals surface area (Å²) in [6.45, 7) is 0.150. The Hall–Kier alpha value is -2.74. The summed E-state index contributed by atoms with van der Waals surface area (Å²) < 4.78 is 7.10. The van der Waals surface area contributed by atoms with Gasteiger partial charge < -0.3 is 9.84 Å². The van der Waals surface area contributed by atoms with Crippen LogP contribution in [0.3, 0.4) is 0 Å². The minimum atomic E-state index is -0.969. The van der Waals surface area contributed by atoms with Crippen LogP contribution in [0.1, 0.15) is 15.5 Å². The van der Waals surface area contributed by atoms with Crippen molar-refractivity contribution < 1.29 is 14.6 Å². The van der Waals surface area contributed by atoms with Gasteiger partial charge in [0.15, 0.2) is 5.82 Å². The number of hydrogen-bond acceptors (Lipinski definition) is 6. The maximum absolute atomic E-state index is 10.8. The molecule has 0 fully saturated rings. The second kappa shape index (κ2) is 5.71. The topological polar surface area (TPSA) is 90.1 Å². The fourth-order valence-corrected chi connectivity index (χ4v) is 2.38. The lowest BCUT2D eigenvalue weighted by Gasteiger charge is -2.05. The molecule has 2 heterocycles. The molecule has 0 unspecified atom stereocenters. The second-order valence-electron chi connectivity index (χ2n) is 4.08. The van der Waals surface area contributed by atoms with Gasteiger partial charge in [0, 0.05) is 11.4 Å². The van der Waals surface area contributed by atoms with Crippen LogP contribution < -0.4 is 4.74 Å². The lowest BCUT2D eigenvalue weighted by Crippen LogP contribution is -2.06. The largest absolute Gasteiger partial charge is 0.485 e. The van der Waals surface area contributed by atoms with E-state index in [1.165, 1.54) is 6.07 Å². The summed E-state index contributed by atoms with van der Waals surface area (Å²) in [6.07, 6.45) is 0. The van der Waals surface area contributed by atoms with E-state index < -0.39 is 5.97 Å². The maximum atomic E-state index is 10.8. The number of carbonyl (C=O) groups is 1. The van der Waals surface area contributed by atoms with Crippen LogP contribution in [-0.2, 0) is 6.61 Å². The van der Waals surface area contributed by atoms with Crippen molar-refractivity contribution in [3.8, 4) is 11.4 Å². The minimum Gasteiger partial charge on any atom is -0.485 e.